The van der Waals surface area contributed by atoms with Crippen molar-refractivity contribution >= 4 is 46.0 Å². The molecule has 1 heterocycles. The Morgan fingerprint density at radius 2 is 1.93 bits per heavy atom. The molecule has 0 spiro atoms. The van der Waals surface area contributed by atoms with Gasteiger partial charge in [-0.2, -0.15) is 13.2 Å². The zero-order chi connectivity index (χ0) is 21.2. The number of anilines is 1. The molecule has 0 saturated heterocycles. The summed E-state index contributed by atoms with van der Waals surface area (Å²) in [6.45, 7) is 4.87. The third-order valence-electron chi connectivity index (χ3n) is 4.08. The van der Waals surface area contributed by atoms with Gasteiger partial charge in [-0.05, 0) is 30.2 Å². The quantitative estimate of drug-likeness (QED) is 0.470. The van der Waals surface area contributed by atoms with E-state index < -0.39 is 23.3 Å². The standard InChI is InChI=1S/C20H19ClF3N3OS/c1-12(2)10-27-16-9-4-3-8-15(16)25-19(27)29-11-17(28)26-18-13(20(22,23)24)6-5-7-14(18)21/h3-9,12H,10-11H2,1-2H3,(H,26,28). The molecular formula is C20H19ClF3N3OS. The Morgan fingerprint density at radius 3 is 2.62 bits per heavy atom. The summed E-state index contributed by atoms with van der Waals surface area (Å²) in [5, 5.41) is 2.78. The molecule has 154 valence electrons. The second-order valence-electron chi connectivity index (χ2n) is 6.88. The van der Waals surface area contributed by atoms with Crippen molar-refractivity contribution in [2.75, 3.05) is 11.1 Å². The van der Waals surface area contributed by atoms with Crippen LogP contribution in [-0.2, 0) is 17.5 Å². The molecule has 1 N–H and O–H groups in total. The van der Waals surface area contributed by atoms with E-state index >= 15 is 0 Å². The highest BCUT2D eigenvalue weighted by Crippen LogP contribution is 2.38. The maximum atomic E-state index is 13.2. The fraction of sp³-hybridized carbons (Fsp3) is 0.300. The van der Waals surface area contributed by atoms with Crippen LogP contribution in [0.3, 0.4) is 0 Å². The summed E-state index contributed by atoms with van der Waals surface area (Å²) in [5.41, 5.74) is 0.356. The number of nitrogens with zero attached hydrogens (tertiary/aromatic N) is 2. The molecule has 29 heavy (non-hydrogen) atoms. The average Bonchev–Trinajstić information content (AvgIpc) is 2.98. The first-order chi connectivity index (χ1) is 13.7. The molecule has 0 saturated carbocycles. The normalized spacial score (nSPS) is 12.0. The minimum absolute atomic E-state index is 0.0933. The third kappa shape index (κ3) is 5.05. The van der Waals surface area contributed by atoms with Crippen molar-refractivity contribution in [2.45, 2.75) is 31.7 Å². The Labute approximate surface area is 175 Å². The van der Waals surface area contributed by atoms with E-state index in [1.54, 1.807) is 0 Å². The number of alkyl halides is 3. The van der Waals surface area contributed by atoms with Gasteiger partial charge in [0.25, 0.3) is 0 Å². The van der Waals surface area contributed by atoms with Gasteiger partial charge in [0, 0.05) is 6.54 Å². The average molecular weight is 442 g/mol. The molecule has 0 bridgehead atoms. The molecule has 0 aliphatic carbocycles. The fourth-order valence-electron chi connectivity index (χ4n) is 2.90. The fourth-order valence-corrected chi connectivity index (χ4v) is 3.94. The summed E-state index contributed by atoms with van der Waals surface area (Å²) >= 11 is 7.07. The van der Waals surface area contributed by atoms with E-state index in [2.05, 4.69) is 24.1 Å². The third-order valence-corrected chi connectivity index (χ3v) is 5.37. The Hall–Kier alpha value is -2.19. The number of thioether (sulfide) groups is 1. The van der Waals surface area contributed by atoms with Gasteiger partial charge in [-0.25, -0.2) is 4.98 Å². The molecule has 0 aliphatic heterocycles. The SMILES string of the molecule is CC(C)Cn1c(SCC(=O)Nc2c(Cl)cccc2C(F)(F)F)nc2ccccc21. The van der Waals surface area contributed by atoms with E-state index in [9.17, 15) is 18.0 Å². The minimum atomic E-state index is -4.62. The van der Waals surface area contributed by atoms with Crippen LogP contribution in [0.25, 0.3) is 11.0 Å². The molecule has 3 rings (SSSR count). The van der Waals surface area contributed by atoms with E-state index in [4.69, 9.17) is 11.6 Å². The number of hydrogen-bond donors (Lipinski definition) is 1. The van der Waals surface area contributed by atoms with E-state index in [1.807, 2.05) is 28.8 Å². The molecular weight excluding hydrogens is 423 g/mol. The lowest BCUT2D eigenvalue weighted by molar-refractivity contribution is -0.137. The molecule has 9 heteroatoms. The van der Waals surface area contributed by atoms with E-state index in [0.29, 0.717) is 17.6 Å². The molecule has 2 aromatic carbocycles. The van der Waals surface area contributed by atoms with Crippen LogP contribution >= 0.6 is 23.4 Å². The predicted octanol–water partition coefficient (Wildman–Crippen LogP) is 6.10. The number of rotatable bonds is 6. The predicted molar refractivity (Wildman–Crippen MR) is 110 cm³/mol. The number of halogens is 4. The molecule has 0 aliphatic rings. The van der Waals surface area contributed by atoms with Crippen molar-refractivity contribution in [3.05, 3.63) is 53.1 Å². The van der Waals surface area contributed by atoms with Crippen LogP contribution in [0.1, 0.15) is 19.4 Å². The number of hydrogen-bond acceptors (Lipinski definition) is 3. The maximum Gasteiger partial charge on any atom is 0.418 e. The summed E-state index contributed by atoms with van der Waals surface area (Å²) in [7, 11) is 0. The number of imidazole rings is 1. The van der Waals surface area contributed by atoms with Crippen molar-refractivity contribution in [3.63, 3.8) is 0 Å². The van der Waals surface area contributed by atoms with E-state index in [-0.39, 0.29) is 10.8 Å². The number of carbonyl (C=O) groups is 1. The van der Waals surface area contributed by atoms with Crippen LogP contribution in [0.2, 0.25) is 5.02 Å². The van der Waals surface area contributed by atoms with Gasteiger partial charge in [0.15, 0.2) is 5.16 Å². The lowest BCUT2D eigenvalue weighted by Crippen LogP contribution is -2.19. The van der Waals surface area contributed by atoms with Crippen molar-refractivity contribution < 1.29 is 18.0 Å². The molecule has 1 aromatic heterocycles. The highest BCUT2D eigenvalue weighted by molar-refractivity contribution is 7.99. The van der Waals surface area contributed by atoms with Crippen LogP contribution in [0.4, 0.5) is 18.9 Å². The van der Waals surface area contributed by atoms with Crippen molar-refractivity contribution in [2.24, 2.45) is 5.92 Å². The van der Waals surface area contributed by atoms with Crippen LogP contribution in [0.5, 0.6) is 0 Å². The lowest BCUT2D eigenvalue weighted by Gasteiger charge is -2.15. The van der Waals surface area contributed by atoms with Crippen molar-refractivity contribution in [1.29, 1.82) is 0 Å². The molecule has 0 fully saturated rings. The maximum absolute atomic E-state index is 13.2. The lowest BCUT2D eigenvalue weighted by atomic mass is 10.1. The van der Waals surface area contributed by atoms with Gasteiger partial charge >= 0.3 is 6.18 Å². The Kier molecular flexibility index (Phi) is 6.43. The first-order valence-electron chi connectivity index (χ1n) is 8.90. The van der Waals surface area contributed by atoms with Gasteiger partial charge in [0.1, 0.15) is 0 Å². The largest absolute Gasteiger partial charge is 0.418 e. The first kappa shape index (κ1) is 21.5. The zero-order valence-electron chi connectivity index (χ0n) is 15.8. The highest BCUT2D eigenvalue weighted by atomic mass is 35.5. The second-order valence-corrected chi connectivity index (χ2v) is 8.23. The van der Waals surface area contributed by atoms with E-state index in [1.165, 1.54) is 23.9 Å². The number of fused-ring (bicyclic) bond motifs is 1. The Balaban J connectivity index is 1.79. The van der Waals surface area contributed by atoms with Crippen LogP contribution < -0.4 is 5.32 Å². The Morgan fingerprint density at radius 1 is 1.21 bits per heavy atom. The number of benzene rings is 2. The number of carbonyl (C=O) groups excluding carboxylic acids is 1. The van der Waals surface area contributed by atoms with Gasteiger partial charge in [-0.3, -0.25) is 4.79 Å². The van der Waals surface area contributed by atoms with Crippen molar-refractivity contribution in [1.82, 2.24) is 9.55 Å². The Bertz CT molecular complexity index is 1030. The summed E-state index contributed by atoms with van der Waals surface area (Å²) in [4.78, 5) is 16.9. The van der Waals surface area contributed by atoms with Crippen LogP contribution in [-0.4, -0.2) is 21.2 Å². The summed E-state index contributed by atoms with van der Waals surface area (Å²) in [6, 6.07) is 11.0. The number of para-hydroxylation sites is 3. The number of aromatic nitrogens is 2. The summed E-state index contributed by atoms with van der Waals surface area (Å²) in [6.07, 6.45) is -4.62. The van der Waals surface area contributed by atoms with Gasteiger partial charge in [0.05, 0.1) is 33.1 Å². The van der Waals surface area contributed by atoms with Gasteiger partial charge in [-0.1, -0.05) is 55.4 Å². The number of amides is 1. The summed E-state index contributed by atoms with van der Waals surface area (Å²) in [5.74, 6) is -0.320. The van der Waals surface area contributed by atoms with Crippen molar-refractivity contribution in [3.8, 4) is 0 Å². The van der Waals surface area contributed by atoms with Crippen LogP contribution in [0.15, 0.2) is 47.6 Å². The zero-order valence-corrected chi connectivity index (χ0v) is 17.3. The molecule has 0 atom stereocenters. The molecule has 0 radical (unpaired) electrons. The second kappa shape index (κ2) is 8.67. The van der Waals surface area contributed by atoms with Crippen LogP contribution in [0, 0.1) is 5.92 Å². The van der Waals surface area contributed by atoms with E-state index in [0.717, 1.165) is 17.1 Å². The van der Waals surface area contributed by atoms with Gasteiger partial charge < -0.3 is 9.88 Å². The summed E-state index contributed by atoms with van der Waals surface area (Å²) < 4.78 is 41.6. The monoisotopic (exact) mass is 441 g/mol. The number of nitrogens with one attached hydrogen (secondary N) is 1. The topological polar surface area (TPSA) is 46.9 Å². The molecule has 0 unspecified atom stereocenters. The molecule has 1 amide bonds. The molecule has 3 aromatic rings. The first-order valence-corrected chi connectivity index (χ1v) is 10.3. The molecule has 4 nitrogen and oxygen atoms in total. The minimum Gasteiger partial charge on any atom is -0.324 e. The highest BCUT2D eigenvalue weighted by Gasteiger charge is 2.34. The smallest absolute Gasteiger partial charge is 0.324 e. The van der Waals surface area contributed by atoms with Gasteiger partial charge in [-0.15, -0.1) is 0 Å². The van der Waals surface area contributed by atoms with Gasteiger partial charge in [0.2, 0.25) is 5.91 Å².